The molecule has 0 N–H and O–H groups in total. The number of hydrogen-bond acceptors (Lipinski definition) is 3. The number of ether oxygens (including phenoxy) is 1. The highest BCUT2D eigenvalue weighted by molar-refractivity contribution is 9.10. The van der Waals surface area contributed by atoms with Crippen LogP contribution >= 0.6 is 15.9 Å². The first kappa shape index (κ1) is 16.0. The molecule has 5 heteroatoms. The van der Waals surface area contributed by atoms with Crippen LogP contribution in [0.25, 0.3) is 0 Å². The van der Waals surface area contributed by atoms with Crippen molar-refractivity contribution in [2.24, 2.45) is 5.92 Å². The van der Waals surface area contributed by atoms with E-state index in [1.165, 1.54) is 0 Å². The molecule has 1 saturated heterocycles. The van der Waals surface area contributed by atoms with Gasteiger partial charge in [0.15, 0.2) is 0 Å². The van der Waals surface area contributed by atoms with Gasteiger partial charge in [-0.25, -0.2) is 5.01 Å². The highest BCUT2D eigenvalue weighted by Gasteiger charge is 2.33. The second-order valence-electron chi connectivity index (χ2n) is 6.40. The van der Waals surface area contributed by atoms with Crippen LogP contribution in [0.15, 0.2) is 10.5 Å². The van der Waals surface area contributed by atoms with Crippen molar-refractivity contribution in [2.75, 3.05) is 26.8 Å². The topological polar surface area (TPSA) is 32.8 Å². The van der Waals surface area contributed by atoms with Gasteiger partial charge in [0.05, 0.1) is 6.54 Å². The van der Waals surface area contributed by atoms with E-state index < -0.39 is 0 Å². The van der Waals surface area contributed by atoms with E-state index in [4.69, 9.17) is 4.74 Å². The molecule has 2 aliphatic rings. The Morgan fingerprint density at radius 3 is 2.68 bits per heavy atom. The van der Waals surface area contributed by atoms with Gasteiger partial charge in [-0.15, -0.1) is 0 Å². The first-order chi connectivity index (χ1) is 10.5. The van der Waals surface area contributed by atoms with Gasteiger partial charge in [-0.1, -0.05) is 15.9 Å². The minimum absolute atomic E-state index is 0.137. The molecule has 0 saturated carbocycles. The number of rotatable bonds is 3. The van der Waals surface area contributed by atoms with E-state index in [-0.39, 0.29) is 5.91 Å². The molecule has 1 amide bonds. The van der Waals surface area contributed by atoms with E-state index in [1.54, 1.807) is 0 Å². The molecule has 3 rings (SSSR count). The first-order valence-corrected chi connectivity index (χ1v) is 8.67. The lowest BCUT2D eigenvalue weighted by Gasteiger charge is -2.32. The third-order valence-electron chi connectivity index (χ3n) is 4.96. The fraction of sp³-hybridized carbons (Fsp3) is 0.588. The third-order valence-corrected chi connectivity index (χ3v) is 5.79. The molecule has 0 spiro atoms. The van der Waals surface area contributed by atoms with Crippen molar-refractivity contribution in [3.63, 3.8) is 0 Å². The SMILES string of the molecule is Cc1c(Br)cc2c(c1C)C(=O)N(N(C)CC1CCOCC1)C2. The van der Waals surface area contributed by atoms with Crippen molar-refractivity contribution in [3.8, 4) is 0 Å². The van der Waals surface area contributed by atoms with Crippen molar-refractivity contribution in [3.05, 3.63) is 32.8 Å². The molecule has 120 valence electrons. The summed E-state index contributed by atoms with van der Waals surface area (Å²) in [5.41, 5.74) is 4.26. The lowest BCUT2D eigenvalue weighted by atomic mass is 9.99. The van der Waals surface area contributed by atoms with Crippen molar-refractivity contribution in [2.45, 2.75) is 33.2 Å². The fourth-order valence-corrected chi connectivity index (χ4v) is 3.98. The Morgan fingerprint density at radius 2 is 2.00 bits per heavy atom. The van der Waals surface area contributed by atoms with Crippen LogP contribution in [0.3, 0.4) is 0 Å². The molecule has 4 nitrogen and oxygen atoms in total. The summed E-state index contributed by atoms with van der Waals surface area (Å²) in [6.07, 6.45) is 2.17. The van der Waals surface area contributed by atoms with Crippen LogP contribution in [0, 0.1) is 19.8 Å². The number of fused-ring (bicyclic) bond motifs is 1. The van der Waals surface area contributed by atoms with Crippen LogP contribution in [-0.2, 0) is 11.3 Å². The zero-order chi connectivity index (χ0) is 15.9. The van der Waals surface area contributed by atoms with Crippen LogP contribution in [0.2, 0.25) is 0 Å². The standard InChI is InChI=1S/C17H23BrN2O2/c1-11-12(2)16-14(8-15(11)18)10-20(17(16)21)19(3)9-13-4-6-22-7-5-13/h8,13H,4-7,9-10H2,1-3H3. The average Bonchev–Trinajstić information content (AvgIpc) is 2.83. The third kappa shape index (κ3) is 2.82. The maximum atomic E-state index is 12.8. The lowest BCUT2D eigenvalue weighted by molar-refractivity contribution is -0.0168. The smallest absolute Gasteiger partial charge is 0.269 e. The predicted molar refractivity (Wildman–Crippen MR) is 89.7 cm³/mol. The van der Waals surface area contributed by atoms with Crippen molar-refractivity contribution in [1.82, 2.24) is 10.0 Å². The molecule has 0 atom stereocenters. The number of halogens is 1. The number of hydrazine groups is 1. The summed E-state index contributed by atoms with van der Waals surface area (Å²) in [6, 6.07) is 2.10. The Kier molecular flexibility index (Phi) is 4.57. The molecule has 1 aromatic carbocycles. The summed E-state index contributed by atoms with van der Waals surface area (Å²) >= 11 is 3.60. The average molecular weight is 367 g/mol. The Labute approximate surface area is 140 Å². The van der Waals surface area contributed by atoms with Crippen LogP contribution in [0.5, 0.6) is 0 Å². The Balaban J connectivity index is 1.77. The van der Waals surface area contributed by atoms with Crippen molar-refractivity contribution >= 4 is 21.8 Å². The largest absolute Gasteiger partial charge is 0.381 e. The number of hydrogen-bond donors (Lipinski definition) is 0. The van der Waals surface area contributed by atoms with Gasteiger partial charge in [0.25, 0.3) is 5.91 Å². The number of amides is 1. The molecule has 2 heterocycles. The van der Waals surface area contributed by atoms with Gasteiger partial charge in [0.2, 0.25) is 0 Å². The Bertz CT molecular complexity index is 597. The maximum absolute atomic E-state index is 12.8. The second-order valence-corrected chi connectivity index (χ2v) is 7.26. The van der Waals surface area contributed by atoms with Crippen LogP contribution < -0.4 is 0 Å². The zero-order valence-electron chi connectivity index (χ0n) is 13.5. The molecule has 1 aromatic rings. The zero-order valence-corrected chi connectivity index (χ0v) is 15.1. The van der Waals surface area contributed by atoms with Gasteiger partial charge in [-0.3, -0.25) is 9.80 Å². The molecule has 0 unspecified atom stereocenters. The summed E-state index contributed by atoms with van der Waals surface area (Å²) in [6.45, 7) is 7.38. The Morgan fingerprint density at radius 1 is 1.32 bits per heavy atom. The van der Waals surface area contributed by atoms with Gasteiger partial charge in [0.1, 0.15) is 0 Å². The summed E-state index contributed by atoms with van der Waals surface area (Å²) in [5.74, 6) is 0.752. The summed E-state index contributed by atoms with van der Waals surface area (Å²) in [4.78, 5) is 12.8. The van der Waals surface area contributed by atoms with Gasteiger partial charge in [0, 0.05) is 36.8 Å². The molecular formula is C17H23BrN2O2. The number of carbonyl (C=O) groups excluding carboxylic acids is 1. The van der Waals surface area contributed by atoms with Crippen LogP contribution in [-0.4, -0.2) is 42.7 Å². The minimum Gasteiger partial charge on any atom is -0.381 e. The quantitative estimate of drug-likeness (QED) is 0.822. The van der Waals surface area contributed by atoms with Gasteiger partial charge in [-0.05, 0) is 55.4 Å². The number of carbonyl (C=O) groups is 1. The van der Waals surface area contributed by atoms with E-state index >= 15 is 0 Å². The molecule has 2 aliphatic heterocycles. The highest BCUT2D eigenvalue weighted by Crippen LogP contribution is 2.33. The van der Waals surface area contributed by atoms with Crippen molar-refractivity contribution in [1.29, 1.82) is 0 Å². The molecule has 1 fully saturated rings. The van der Waals surface area contributed by atoms with Gasteiger partial charge in [-0.2, -0.15) is 0 Å². The number of benzene rings is 1. The summed E-state index contributed by atoms with van der Waals surface area (Å²) in [5, 5.41) is 3.99. The molecule has 22 heavy (non-hydrogen) atoms. The predicted octanol–water partition coefficient (Wildman–Crippen LogP) is 3.30. The molecule has 0 aromatic heterocycles. The maximum Gasteiger partial charge on any atom is 0.269 e. The van der Waals surface area contributed by atoms with E-state index in [0.29, 0.717) is 12.5 Å². The van der Waals surface area contributed by atoms with E-state index in [0.717, 1.165) is 59.3 Å². The monoisotopic (exact) mass is 366 g/mol. The Hall–Kier alpha value is -0.910. The molecular weight excluding hydrogens is 344 g/mol. The number of nitrogens with zero attached hydrogens (tertiary/aromatic N) is 2. The van der Waals surface area contributed by atoms with Gasteiger partial charge < -0.3 is 4.74 Å². The minimum atomic E-state index is 0.137. The highest BCUT2D eigenvalue weighted by atomic mass is 79.9. The fourth-order valence-electron chi connectivity index (χ4n) is 3.40. The normalized spacial score (nSPS) is 19.1. The van der Waals surface area contributed by atoms with Crippen LogP contribution in [0.4, 0.5) is 0 Å². The van der Waals surface area contributed by atoms with E-state index in [9.17, 15) is 4.79 Å². The first-order valence-electron chi connectivity index (χ1n) is 7.88. The molecule has 0 aliphatic carbocycles. The van der Waals surface area contributed by atoms with Crippen molar-refractivity contribution < 1.29 is 9.53 Å². The van der Waals surface area contributed by atoms with Gasteiger partial charge >= 0.3 is 0 Å². The molecule has 0 bridgehead atoms. The van der Waals surface area contributed by atoms with E-state index in [1.807, 2.05) is 19.0 Å². The summed E-state index contributed by atoms with van der Waals surface area (Å²) < 4.78 is 6.50. The molecule has 0 radical (unpaired) electrons. The van der Waals surface area contributed by atoms with Crippen LogP contribution in [0.1, 0.15) is 39.9 Å². The lowest BCUT2D eigenvalue weighted by Crippen LogP contribution is -2.43. The summed E-state index contributed by atoms with van der Waals surface area (Å²) in [7, 11) is 2.02. The second kappa shape index (κ2) is 6.30. The van der Waals surface area contributed by atoms with E-state index in [2.05, 4.69) is 33.9 Å².